The molecule has 1 aromatic heterocycles. The molecule has 0 radical (unpaired) electrons. The molecule has 10 heteroatoms. The van der Waals surface area contributed by atoms with E-state index in [1.165, 1.54) is 18.2 Å². The van der Waals surface area contributed by atoms with Gasteiger partial charge < -0.3 is 29.8 Å². The molecule has 2 amide bonds. The number of ether oxygens (including phenoxy) is 3. The number of benzene rings is 1. The van der Waals surface area contributed by atoms with E-state index in [9.17, 15) is 18.8 Å². The molecular formula is C30H38FN3O6. The first-order valence-electron chi connectivity index (χ1n) is 13.5. The molecule has 40 heavy (non-hydrogen) atoms. The highest BCUT2D eigenvalue weighted by Gasteiger charge is 2.37. The molecule has 1 saturated heterocycles. The second kappa shape index (κ2) is 11.2. The predicted molar refractivity (Wildman–Crippen MR) is 149 cm³/mol. The van der Waals surface area contributed by atoms with Crippen molar-refractivity contribution < 1.29 is 33.0 Å². The van der Waals surface area contributed by atoms with Crippen molar-refractivity contribution in [2.24, 2.45) is 0 Å². The van der Waals surface area contributed by atoms with Crippen LogP contribution in [0.3, 0.4) is 0 Å². The van der Waals surface area contributed by atoms with E-state index >= 15 is 0 Å². The number of aromatic amines is 1. The number of rotatable bonds is 7. The maximum Gasteiger partial charge on any atom is 0.308 e. The van der Waals surface area contributed by atoms with Crippen LogP contribution in [0.1, 0.15) is 86.8 Å². The molecule has 0 unspecified atom stereocenters. The Morgan fingerprint density at radius 2 is 1.90 bits per heavy atom. The molecule has 3 N–H and O–H groups in total. The van der Waals surface area contributed by atoms with Crippen LogP contribution < -0.4 is 10.6 Å². The molecule has 216 valence electrons. The van der Waals surface area contributed by atoms with E-state index < -0.39 is 17.2 Å². The zero-order valence-electron chi connectivity index (χ0n) is 24.1. The summed E-state index contributed by atoms with van der Waals surface area (Å²) in [5, 5.41) is 5.69. The number of fused-ring (bicyclic) bond motifs is 1. The Bertz CT molecular complexity index is 1350. The van der Waals surface area contributed by atoms with E-state index in [1.807, 2.05) is 20.8 Å². The van der Waals surface area contributed by atoms with Crippen LogP contribution in [-0.2, 0) is 23.8 Å². The zero-order valence-corrected chi connectivity index (χ0v) is 24.1. The number of aryl methyl sites for hydroxylation is 1. The fourth-order valence-corrected chi connectivity index (χ4v) is 5.23. The Morgan fingerprint density at radius 3 is 2.60 bits per heavy atom. The molecule has 2 aromatic rings. The summed E-state index contributed by atoms with van der Waals surface area (Å²) in [6, 6.07) is 4.13. The molecule has 4 rings (SSSR count). The van der Waals surface area contributed by atoms with Crippen molar-refractivity contribution in [3.63, 3.8) is 0 Å². The number of amides is 2. The van der Waals surface area contributed by atoms with Crippen molar-refractivity contribution in [1.82, 2.24) is 10.3 Å². The van der Waals surface area contributed by atoms with Crippen LogP contribution in [0, 0.1) is 19.7 Å². The molecule has 2 atom stereocenters. The Hall–Kier alpha value is -3.50. The maximum atomic E-state index is 13.8. The Labute approximate surface area is 233 Å². The standard InChI is InChI=1S/C30H38FN3O6/c1-16-24(15-22-21-12-18(31)8-9-23(21)34-27(22)36)33-17(2)26(16)28(37)32-11-10-19-13-20(39-30(6,7)38-19)14-25(35)40-29(3,4)5/h8-9,12,15,19-20,33H,10-11,13-14H2,1-7H3,(H,32,37)(H,34,36)/t19-,20-/m1/s1. The van der Waals surface area contributed by atoms with Crippen LogP contribution in [0.15, 0.2) is 18.2 Å². The van der Waals surface area contributed by atoms with Gasteiger partial charge in [-0.05, 0) is 84.7 Å². The fourth-order valence-electron chi connectivity index (χ4n) is 5.23. The highest BCUT2D eigenvalue weighted by Crippen LogP contribution is 2.34. The van der Waals surface area contributed by atoms with Gasteiger partial charge in [0.25, 0.3) is 11.8 Å². The first-order valence-corrected chi connectivity index (χ1v) is 13.5. The van der Waals surface area contributed by atoms with E-state index in [0.29, 0.717) is 58.7 Å². The first-order chi connectivity index (χ1) is 18.6. The number of esters is 1. The highest BCUT2D eigenvalue weighted by molar-refractivity contribution is 6.34. The van der Waals surface area contributed by atoms with Crippen LogP contribution in [0.2, 0.25) is 0 Å². The van der Waals surface area contributed by atoms with Crippen molar-refractivity contribution in [1.29, 1.82) is 0 Å². The fraction of sp³-hybridized carbons (Fsp3) is 0.500. The van der Waals surface area contributed by atoms with Gasteiger partial charge in [-0.2, -0.15) is 0 Å². The lowest BCUT2D eigenvalue weighted by molar-refractivity contribution is -0.300. The van der Waals surface area contributed by atoms with Crippen LogP contribution in [0.4, 0.5) is 10.1 Å². The van der Waals surface area contributed by atoms with Gasteiger partial charge in [-0.25, -0.2) is 4.39 Å². The molecule has 2 aliphatic rings. The van der Waals surface area contributed by atoms with Crippen LogP contribution in [0.5, 0.6) is 0 Å². The van der Waals surface area contributed by atoms with Gasteiger partial charge in [-0.15, -0.1) is 0 Å². The number of carbonyl (C=O) groups excluding carboxylic acids is 3. The maximum absolute atomic E-state index is 13.8. The Kier molecular flexibility index (Phi) is 8.23. The molecule has 9 nitrogen and oxygen atoms in total. The molecule has 1 aromatic carbocycles. The van der Waals surface area contributed by atoms with Gasteiger partial charge in [-0.3, -0.25) is 14.4 Å². The lowest BCUT2D eigenvalue weighted by atomic mass is 10.0. The smallest absolute Gasteiger partial charge is 0.308 e. The molecule has 0 bridgehead atoms. The number of carbonyl (C=O) groups is 3. The van der Waals surface area contributed by atoms with Crippen LogP contribution >= 0.6 is 0 Å². The normalized spacial score (nSPS) is 21.2. The summed E-state index contributed by atoms with van der Waals surface area (Å²) in [5.41, 5.74) is 3.20. The topological polar surface area (TPSA) is 119 Å². The molecule has 0 spiro atoms. The van der Waals surface area contributed by atoms with E-state index in [-0.39, 0.29) is 36.4 Å². The van der Waals surface area contributed by atoms with E-state index in [0.717, 1.165) is 0 Å². The Balaban J connectivity index is 1.39. The lowest BCUT2D eigenvalue weighted by Gasteiger charge is -2.40. The molecule has 0 aliphatic carbocycles. The van der Waals surface area contributed by atoms with Crippen molar-refractivity contribution in [3.8, 4) is 0 Å². The minimum absolute atomic E-state index is 0.127. The summed E-state index contributed by atoms with van der Waals surface area (Å²) in [6.45, 7) is 13.0. The van der Waals surface area contributed by atoms with E-state index in [1.54, 1.807) is 33.8 Å². The summed E-state index contributed by atoms with van der Waals surface area (Å²) in [4.78, 5) is 41.2. The monoisotopic (exact) mass is 555 g/mol. The van der Waals surface area contributed by atoms with E-state index in [4.69, 9.17) is 14.2 Å². The number of H-pyrrole nitrogens is 1. The number of hydrogen-bond donors (Lipinski definition) is 3. The lowest BCUT2D eigenvalue weighted by Crippen LogP contribution is -2.46. The third kappa shape index (κ3) is 6.98. The van der Waals surface area contributed by atoms with Crippen LogP contribution in [0.25, 0.3) is 11.6 Å². The van der Waals surface area contributed by atoms with Gasteiger partial charge >= 0.3 is 5.97 Å². The van der Waals surface area contributed by atoms with Crippen molar-refractivity contribution in [2.45, 2.75) is 91.3 Å². The summed E-state index contributed by atoms with van der Waals surface area (Å²) in [7, 11) is 0. The van der Waals surface area contributed by atoms with Crippen molar-refractivity contribution in [3.05, 3.63) is 52.1 Å². The highest BCUT2D eigenvalue weighted by atomic mass is 19.1. The zero-order chi connectivity index (χ0) is 29.4. The van der Waals surface area contributed by atoms with Crippen LogP contribution in [-0.4, -0.2) is 52.9 Å². The minimum atomic E-state index is -0.871. The minimum Gasteiger partial charge on any atom is -0.460 e. The number of halogens is 1. The molecule has 1 fully saturated rings. The third-order valence-electron chi connectivity index (χ3n) is 6.75. The number of aromatic nitrogens is 1. The van der Waals surface area contributed by atoms with E-state index in [2.05, 4.69) is 15.6 Å². The molecule has 0 saturated carbocycles. The summed E-state index contributed by atoms with van der Waals surface area (Å²) in [6.07, 6.45) is 2.24. The number of anilines is 1. The van der Waals surface area contributed by atoms with Gasteiger partial charge in [0.1, 0.15) is 11.4 Å². The summed E-state index contributed by atoms with van der Waals surface area (Å²) in [5.74, 6) is -2.22. The quantitative estimate of drug-likeness (QED) is 0.326. The van der Waals surface area contributed by atoms with Gasteiger partial charge in [0, 0.05) is 35.6 Å². The SMILES string of the molecule is Cc1[nH]c(C=C2C(=O)Nc3ccc(F)cc32)c(C)c1C(=O)NCC[C@@H]1C[C@H](CC(=O)OC(C)(C)C)OC(C)(C)O1. The van der Waals surface area contributed by atoms with Crippen molar-refractivity contribution >= 4 is 35.1 Å². The van der Waals surface area contributed by atoms with Gasteiger partial charge in [0.15, 0.2) is 5.79 Å². The van der Waals surface area contributed by atoms with Gasteiger partial charge in [0.05, 0.1) is 29.8 Å². The predicted octanol–water partition coefficient (Wildman–Crippen LogP) is 5.03. The second-order valence-electron chi connectivity index (χ2n) is 11.8. The van der Waals surface area contributed by atoms with Gasteiger partial charge in [0.2, 0.25) is 0 Å². The average Bonchev–Trinajstić information content (AvgIpc) is 3.25. The molecule has 3 heterocycles. The largest absolute Gasteiger partial charge is 0.460 e. The first kappa shape index (κ1) is 29.5. The molecular weight excluding hydrogens is 517 g/mol. The average molecular weight is 556 g/mol. The molecule has 2 aliphatic heterocycles. The van der Waals surface area contributed by atoms with Crippen molar-refractivity contribution in [2.75, 3.05) is 11.9 Å². The number of hydrogen-bond acceptors (Lipinski definition) is 6. The number of nitrogens with one attached hydrogen (secondary N) is 3. The summed E-state index contributed by atoms with van der Waals surface area (Å²) >= 11 is 0. The second-order valence-corrected chi connectivity index (χ2v) is 11.8. The summed E-state index contributed by atoms with van der Waals surface area (Å²) < 4.78 is 31.2. The third-order valence-corrected chi connectivity index (χ3v) is 6.75. The Morgan fingerprint density at radius 1 is 1.20 bits per heavy atom. The van der Waals surface area contributed by atoms with Gasteiger partial charge in [-0.1, -0.05) is 0 Å².